The van der Waals surface area contributed by atoms with Crippen molar-refractivity contribution in [2.45, 2.75) is 40.2 Å². The minimum absolute atomic E-state index is 0.124. The third-order valence-corrected chi connectivity index (χ3v) is 6.30. The third-order valence-electron chi connectivity index (χ3n) is 4.81. The smallest absolute Gasteiger partial charge is 0.339 e. The number of hydrogen-bond acceptors (Lipinski definition) is 5. The van der Waals surface area contributed by atoms with Crippen LogP contribution in [0.1, 0.15) is 41.8 Å². The van der Waals surface area contributed by atoms with E-state index in [2.05, 4.69) is 5.32 Å². The van der Waals surface area contributed by atoms with E-state index in [0.29, 0.717) is 11.4 Å². The van der Waals surface area contributed by atoms with Gasteiger partial charge in [0.25, 0.3) is 0 Å². The number of anilines is 2. The highest BCUT2D eigenvalue weighted by molar-refractivity contribution is 7.92. The molecule has 9 heteroatoms. The highest BCUT2D eigenvalue weighted by Gasteiger charge is 2.32. The van der Waals surface area contributed by atoms with Crippen LogP contribution >= 0.6 is 11.6 Å². The van der Waals surface area contributed by atoms with E-state index in [0.717, 1.165) is 21.7 Å². The molecule has 1 atom stereocenters. The van der Waals surface area contributed by atoms with Crippen LogP contribution in [0.4, 0.5) is 11.4 Å². The van der Waals surface area contributed by atoms with Crippen molar-refractivity contribution in [3.8, 4) is 0 Å². The van der Waals surface area contributed by atoms with Gasteiger partial charge in [0.05, 0.1) is 29.1 Å². The second-order valence-corrected chi connectivity index (χ2v) is 9.42. The van der Waals surface area contributed by atoms with Crippen LogP contribution in [0, 0.1) is 13.8 Å². The molecule has 2 aromatic rings. The van der Waals surface area contributed by atoms with Gasteiger partial charge in [0.1, 0.15) is 6.04 Å². The number of benzene rings is 2. The monoisotopic (exact) mass is 466 g/mol. The molecule has 0 radical (unpaired) electrons. The maximum Gasteiger partial charge on any atom is 0.339 e. The Morgan fingerprint density at radius 1 is 1.10 bits per heavy atom. The van der Waals surface area contributed by atoms with Gasteiger partial charge in [0, 0.05) is 5.69 Å². The summed E-state index contributed by atoms with van der Waals surface area (Å²) in [6.45, 7) is 7.45. The summed E-state index contributed by atoms with van der Waals surface area (Å²) in [6.07, 6.45) is 1.32. The average molecular weight is 467 g/mol. The molecule has 1 N–H and O–H groups in total. The van der Waals surface area contributed by atoms with Crippen LogP contribution < -0.4 is 9.62 Å². The molecule has 0 aliphatic heterocycles. The minimum Gasteiger partial charge on any atom is -0.462 e. The fraction of sp³-hybridized carbons (Fsp3) is 0.364. The van der Waals surface area contributed by atoms with Crippen molar-refractivity contribution in [1.82, 2.24) is 0 Å². The molecule has 2 rings (SSSR count). The van der Waals surface area contributed by atoms with Gasteiger partial charge in [-0.05, 0) is 68.7 Å². The topological polar surface area (TPSA) is 92.8 Å². The number of hydrogen-bond donors (Lipinski definition) is 1. The standard InChI is InChI=1S/C22H27ClN2O5S/c1-6-20(25(31(5,28)29)17-10-8-14(3)15(4)12-17)21(26)24-16-9-11-18(19(23)13-16)22(27)30-7-2/h8-13,20H,6-7H2,1-5H3,(H,24,26)/t20-/m0/s1. The first-order valence-corrected chi connectivity index (χ1v) is 12.1. The van der Waals surface area contributed by atoms with Crippen molar-refractivity contribution in [3.63, 3.8) is 0 Å². The molecular weight excluding hydrogens is 440 g/mol. The van der Waals surface area contributed by atoms with Crippen molar-refractivity contribution in [2.75, 3.05) is 22.5 Å². The van der Waals surface area contributed by atoms with Gasteiger partial charge in [0.15, 0.2) is 0 Å². The minimum atomic E-state index is -3.74. The predicted molar refractivity (Wildman–Crippen MR) is 123 cm³/mol. The number of halogens is 1. The lowest BCUT2D eigenvalue weighted by Crippen LogP contribution is -2.47. The number of sulfonamides is 1. The Hall–Kier alpha value is -2.58. The van der Waals surface area contributed by atoms with Crippen molar-refractivity contribution in [3.05, 3.63) is 58.1 Å². The van der Waals surface area contributed by atoms with Crippen LogP contribution in [0.15, 0.2) is 36.4 Å². The predicted octanol–water partition coefficient (Wildman–Crippen LogP) is 4.32. The Morgan fingerprint density at radius 2 is 1.77 bits per heavy atom. The molecule has 0 bridgehead atoms. The molecule has 2 aromatic carbocycles. The van der Waals surface area contributed by atoms with Crippen LogP contribution in [0.2, 0.25) is 5.02 Å². The van der Waals surface area contributed by atoms with Gasteiger partial charge in [-0.3, -0.25) is 9.10 Å². The molecule has 0 fully saturated rings. The number of nitrogens with one attached hydrogen (secondary N) is 1. The molecular formula is C22H27ClN2O5S. The van der Waals surface area contributed by atoms with Gasteiger partial charge in [-0.25, -0.2) is 13.2 Å². The molecule has 31 heavy (non-hydrogen) atoms. The van der Waals surface area contributed by atoms with Crippen molar-refractivity contribution in [2.24, 2.45) is 0 Å². The van der Waals surface area contributed by atoms with Gasteiger partial charge in [-0.2, -0.15) is 0 Å². The summed E-state index contributed by atoms with van der Waals surface area (Å²) in [6, 6.07) is 8.68. The number of amides is 1. The number of carbonyl (C=O) groups is 2. The largest absolute Gasteiger partial charge is 0.462 e. The van der Waals surface area contributed by atoms with E-state index in [1.54, 1.807) is 26.0 Å². The van der Waals surface area contributed by atoms with E-state index in [1.807, 2.05) is 19.9 Å². The Labute approximate surface area is 188 Å². The van der Waals surface area contributed by atoms with E-state index in [-0.39, 0.29) is 23.6 Å². The quantitative estimate of drug-likeness (QED) is 0.585. The van der Waals surface area contributed by atoms with Crippen molar-refractivity contribution >= 4 is 44.9 Å². The van der Waals surface area contributed by atoms with E-state index in [4.69, 9.17) is 16.3 Å². The second kappa shape index (κ2) is 10.2. The lowest BCUT2D eigenvalue weighted by molar-refractivity contribution is -0.117. The van der Waals surface area contributed by atoms with Gasteiger partial charge in [-0.15, -0.1) is 0 Å². The summed E-state index contributed by atoms with van der Waals surface area (Å²) in [5.74, 6) is -1.07. The van der Waals surface area contributed by atoms with Gasteiger partial charge < -0.3 is 10.1 Å². The summed E-state index contributed by atoms with van der Waals surface area (Å²) in [5, 5.41) is 2.82. The summed E-state index contributed by atoms with van der Waals surface area (Å²) < 4.78 is 31.3. The number of aryl methyl sites for hydroxylation is 2. The van der Waals surface area contributed by atoms with Gasteiger partial charge in [-0.1, -0.05) is 24.6 Å². The van der Waals surface area contributed by atoms with E-state index in [9.17, 15) is 18.0 Å². The molecule has 1 amide bonds. The highest BCUT2D eigenvalue weighted by Crippen LogP contribution is 2.27. The fourth-order valence-electron chi connectivity index (χ4n) is 3.12. The third kappa shape index (κ3) is 5.98. The van der Waals surface area contributed by atoms with Crippen LogP contribution in [0.25, 0.3) is 0 Å². The molecule has 0 heterocycles. The van der Waals surface area contributed by atoms with E-state index < -0.39 is 27.9 Å². The molecule has 7 nitrogen and oxygen atoms in total. The normalized spacial score (nSPS) is 12.2. The number of esters is 1. The first-order valence-electron chi connectivity index (χ1n) is 9.83. The first-order chi connectivity index (χ1) is 14.5. The lowest BCUT2D eigenvalue weighted by Gasteiger charge is -2.30. The maximum atomic E-state index is 13.0. The molecule has 0 saturated carbocycles. The Balaban J connectivity index is 2.35. The van der Waals surface area contributed by atoms with Crippen LogP contribution in [-0.4, -0.2) is 39.2 Å². The Bertz CT molecular complexity index is 1090. The van der Waals surface area contributed by atoms with Gasteiger partial charge >= 0.3 is 5.97 Å². The highest BCUT2D eigenvalue weighted by atomic mass is 35.5. The number of ether oxygens (including phenoxy) is 1. The molecule has 0 aliphatic rings. The summed E-state index contributed by atoms with van der Waals surface area (Å²) in [4.78, 5) is 24.9. The van der Waals surface area contributed by atoms with E-state index >= 15 is 0 Å². The fourth-order valence-corrected chi connectivity index (χ4v) is 4.58. The molecule has 168 valence electrons. The van der Waals surface area contributed by atoms with Crippen LogP contribution in [0.3, 0.4) is 0 Å². The second-order valence-electron chi connectivity index (χ2n) is 7.16. The van der Waals surface area contributed by atoms with Crippen molar-refractivity contribution < 1.29 is 22.7 Å². The zero-order chi connectivity index (χ0) is 23.3. The summed E-state index contributed by atoms with van der Waals surface area (Å²) in [5.41, 5.74) is 2.88. The SMILES string of the molecule is CCOC(=O)c1ccc(NC(=O)[C@H](CC)N(c2ccc(C)c(C)c2)S(C)(=O)=O)cc1Cl. The molecule has 0 aliphatic carbocycles. The molecule has 0 unspecified atom stereocenters. The Morgan fingerprint density at radius 3 is 2.29 bits per heavy atom. The number of nitrogens with zero attached hydrogens (tertiary/aromatic N) is 1. The number of rotatable bonds is 8. The number of carbonyl (C=O) groups excluding carboxylic acids is 2. The van der Waals surface area contributed by atoms with Crippen LogP contribution in [-0.2, 0) is 19.6 Å². The zero-order valence-corrected chi connectivity index (χ0v) is 19.8. The van der Waals surface area contributed by atoms with Crippen LogP contribution in [0.5, 0.6) is 0 Å². The first kappa shape index (κ1) is 24.7. The molecule has 0 aromatic heterocycles. The van der Waals surface area contributed by atoms with Crippen molar-refractivity contribution in [1.29, 1.82) is 0 Å². The zero-order valence-electron chi connectivity index (χ0n) is 18.2. The van der Waals surface area contributed by atoms with Gasteiger partial charge in [0.2, 0.25) is 15.9 Å². The Kier molecular flexibility index (Phi) is 8.08. The average Bonchev–Trinajstić information content (AvgIpc) is 2.67. The molecule has 0 spiro atoms. The maximum absolute atomic E-state index is 13.0. The lowest BCUT2D eigenvalue weighted by atomic mass is 10.1. The summed E-state index contributed by atoms with van der Waals surface area (Å²) in [7, 11) is -3.74. The summed E-state index contributed by atoms with van der Waals surface area (Å²) >= 11 is 6.16. The molecule has 0 saturated heterocycles. The van der Waals surface area contributed by atoms with E-state index in [1.165, 1.54) is 18.2 Å².